The van der Waals surface area contributed by atoms with Gasteiger partial charge in [0.2, 0.25) is 0 Å². The summed E-state index contributed by atoms with van der Waals surface area (Å²) in [7, 11) is 1.88. The molecule has 0 saturated heterocycles. The molecule has 1 aromatic carbocycles. The quantitative estimate of drug-likeness (QED) is 0.819. The molecule has 1 heterocycles. The van der Waals surface area contributed by atoms with E-state index in [-0.39, 0.29) is 6.42 Å². The summed E-state index contributed by atoms with van der Waals surface area (Å²) in [5, 5.41) is 12.4. The second-order valence-electron chi connectivity index (χ2n) is 3.95. The largest absolute Gasteiger partial charge is 0.480 e. The number of fused-ring (bicyclic) bond motifs is 1. The summed E-state index contributed by atoms with van der Waals surface area (Å²) in [5.74, 6) is -1.19. The summed E-state index contributed by atoms with van der Waals surface area (Å²) in [6.45, 7) is 0. The van der Waals surface area contributed by atoms with Crippen LogP contribution in [0.2, 0.25) is 0 Å². The first-order chi connectivity index (χ1) is 8.13. The Balaban J connectivity index is 2.42. The van der Waals surface area contributed by atoms with E-state index < -0.39 is 12.0 Å². The predicted molar refractivity (Wildman–Crippen MR) is 63.8 cm³/mol. The second-order valence-corrected chi connectivity index (χ2v) is 3.95. The van der Waals surface area contributed by atoms with Crippen LogP contribution in [0.1, 0.15) is 5.56 Å². The summed E-state index contributed by atoms with van der Waals surface area (Å²) < 4.78 is 1.91. The first-order valence-corrected chi connectivity index (χ1v) is 5.21. The van der Waals surface area contributed by atoms with Crippen LogP contribution in [0.5, 0.6) is 0 Å². The number of hydrogen-bond donors (Lipinski definition) is 1. The molecule has 0 saturated carbocycles. The monoisotopic (exact) mass is 232 g/mol. The van der Waals surface area contributed by atoms with Crippen LogP contribution < -0.4 is 0 Å². The molecular weight excluding hydrogens is 220 g/mol. The Bertz CT molecular complexity index is 574. The number of nitroso groups, excluding NO2 is 1. The van der Waals surface area contributed by atoms with Crippen molar-refractivity contribution in [3.8, 4) is 0 Å². The first kappa shape index (κ1) is 11.3. The number of aromatic nitrogens is 1. The van der Waals surface area contributed by atoms with Crippen LogP contribution >= 0.6 is 0 Å². The zero-order valence-corrected chi connectivity index (χ0v) is 9.33. The molecule has 1 N–H and O–H groups in total. The van der Waals surface area contributed by atoms with Crippen molar-refractivity contribution in [3.63, 3.8) is 0 Å². The van der Waals surface area contributed by atoms with Crippen molar-refractivity contribution in [2.75, 3.05) is 0 Å². The molecule has 0 spiro atoms. The van der Waals surface area contributed by atoms with Crippen LogP contribution in [0.4, 0.5) is 0 Å². The van der Waals surface area contributed by atoms with Gasteiger partial charge in [0.05, 0.1) is 0 Å². The summed E-state index contributed by atoms with van der Waals surface area (Å²) in [4.78, 5) is 21.2. The number of carboxylic acid groups (broad SMARTS) is 1. The van der Waals surface area contributed by atoms with Crippen molar-refractivity contribution in [1.82, 2.24) is 4.57 Å². The van der Waals surface area contributed by atoms with Crippen molar-refractivity contribution < 1.29 is 9.90 Å². The van der Waals surface area contributed by atoms with Crippen LogP contribution in [0.25, 0.3) is 10.9 Å². The SMILES string of the molecule is Cn1cc(C[C@@H](N=O)C(=O)O)c2ccccc21. The minimum Gasteiger partial charge on any atom is -0.480 e. The standard InChI is InChI=1S/C12H12N2O3/c1-14-7-8(6-10(13-17)12(15)16)9-4-2-3-5-11(9)14/h2-5,7,10H,6H2,1H3,(H,15,16)/t10-/m1/s1. The molecule has 0 amide bonds. The van der Waals surface area contributed by atoms with E-state index >= 15 is 0 Å². The number of carbonyl (C=O) groups is 1. The van der Waals surface area contributed by atoms with Gasteiger partial charge in [-0.05, 0) is 11.6 Å². The van der Waals surface area contributed by atoms with Gasteiger partial charge in [-0.3, -0.25) is 0 Å². The van der Waals surface area contributed by atoms with Crippen molar-refractivity contribution >= 4 is 16.9 Å². The molecule has 0 fully saturated rings. The van der Waals surface area contributed by atoms with Crippen LogP contribution in [0, 0.1) is 4.91 Å². The van der Waals surface area contributed by atoms with Crippen LogP contribution in [-0.2, 0) is 18.3 Å². The molecule has 0 aliphatic carbocycles. The van der Waals surface area contributed by atoms with E-state index in [1.54, 1.807) is 0 Å². The lowest BCUT2D eigenvalue weighted by Gasteiger charge is -2.02. The maximum atomic E-state index is 10.8. The van der Waals surface area contributed by atoms with Gasteiger partial charge in [0.15, 0.2) is 6.04 Å². The Kier molecular flexibility index (Phi) is 2.91. The van der Waals surface area contributed by atoms with Crippen LogP contribution in [0.3, 0.4) is 0 Å². The lowest BCUT2D eigenvalue weighted by molar-refractivity contribution is -0.138. The third kappa shape index (κ3) is 2.04. The molecule has 0 unspecified atom stereocenters. The van der Waals surface area contributed by atoms with E-state index in [9.17, 15) is 9.70 Å². The van der Waals surface area contributed by atoms with E-state index in [4.69, 9.17) is 5.11 Å². The highest BCUT2D eigenvalue weighted by Crippen LogP contribution is 2.22. The van der Waals surface area contributed by atoms with Gasteiger partial charge in [0, 0.05) is 30.6 Å². The molecule has 0 radical (unpaired) electrons. The zero-order valence-electron chi connectivity index (χ0n) is 9.33. The Hall–Kier alpha value is -2.17. The lowest BCUT2D eigenvalue weighted by atomic mass is 10.1. The summed E-state index contributed by atoms with van der Waals surface area (Å²) in [6.07, 6.45) is 1.96. The molecule has 2 aromatic rings. The lowest BCUT2D eigenvalue weighted by Crippen LogP contribution is -2.19. The maximum absolute atomic E-state index is 10.8. The molecule has 0 aliphatic heterocycles. The second kappa shape index (κ2) is 4.37. The van der Waals surface area contributed by atoms with E-state index in [0.717, 1.165) is 16.5 Å². The minimum absolute atomic E-state index is 0.125. The molecule has 0 bridgehead atoms. The third-order valence-electron chi connectivity index (χ3n) is 2.81. The van der Waals surface area contributed by atoms with Crippen molar-refractivity contribution in [1.29, 1.82) is 0 Å². The number of carboxylic acids is 1. The molecular formula is C12H12N2O3. The Morgan fingerprint density at radius 3 is 2.82 bits per heavy atom. The van der Waals surface area contributed by atoms with Gasteiger partial charge < -0.3 is 9.67 Å². The number of para-hydroxylation sites is 1. The van der Waals surface area contributed by atoms with Crippen LogP contribution in [0.15, 0.2) is 35.6 Å². The molecule has 17 heavy (non-hydrogen) atoms. The van der Waals surface area contributed by atoms with Gasteiger partial charge in [0.1, 0.15) is 0 Å². The van der Waals surface area contributed by atoms with Gasteiger partial charge >= 0.3 is 5.97 Å². The average Bonchev–Trinajstić information content (AvgIpc) is 2.63. The Morgan fingerprint density at radius 1 is 1.47 bits per heavy atom. The molecule has 5 nitrogen and oxygen atoms in total. The van der Waals surface area contributed by atoms with Crippen LogP contribution in [-0.4, -0.2) is 21.7 Å². The molecule has 0 aliphatic rings. The van der Waals surface area contributed by atoms with E-state index in [0.29, 0.717) is 0 Å². The van der Waals surface area contributed by atoms with Gasteiger partial charge in [-0.1, -0.05) is 23.4 Å². The minimum atomic E-state index is -1.22. The average molecular weight is 232 g/mol. The van der Waals surface area contributed by atoms with Crippen molar-refractivity contribution in [3.05, 3.63) is 40.9 Å². The summed E-state index contributed by atoms with van der Waals surface area (Å²) >= 11 is 0. The highest BCUT2D eigenvalue weighted by Gasteiger charge is 2.20. The first-order valence-electron chi connectivity index (χ1n) is 5.21. The van der Waals surface area contributed by atoms with Gasteiger partial charge in [-0.15, -0.1) is 4.91 Å². The Morgan fingerprint density at radius 2 is 2.18 bits per heavy atom. The molecule has 2 rings (SSSR count). The Labute approximate surface area is 97.6 Å². The fourth-order valence-corrected chi connectivity index (χ4v) is 1.97. The number of rotatable bonds is 4. The molecule has 88 valence electrons. The smallest absolute Gasteiger partial charge is 0.332 e. The third-order valence-corrected chi connectivity index (χ3v) is 2.81. The highest BCUT2D eigenvalue weighted by molar-refractivity contribution is 5.85. The molecule has 1 atom stereocenters. The van der Waals surface area contributed by atoms with Crippen molar-refractivity contribution in [2.24, 2.45) is 12.2 Å². The molecule has 5 heteroatoms. The number of hydrogen-bond acceptors (Lipinski definition) is 3. The van der Waals surface area contributed by atoms with Gasteiger partial charge in [0.25, 0.3) is 0 Å². The van der Waals surface area contributed by atoms with Gasteiger partial charge in [-0.25, -0.2) is 4.79 Å². The van der Waals surface area contributed by atoms with Crippen molar-refractivity contribution in [2.45, 2.75) is 12.5 Å². The fraction of sp³-hybridized carbons (Fsp3) is 0.250. The predicted octanol–water partition coefficient (Wildman–Crippen LogP) is 1.94. The van der Waals surface area contributed by atoms with E-state index in [1.165, 1.54) is 0 Å². The normalized spacial score (nSPS) is 12.5. The number of nitrogens with zero attached hydrogens (tertiary/aromatic N) is 2. The fourth-order valence-electron chi connectivity index (χ4n) is 1.97. The maximum Gasteiger partial charge on any atom is 0.332 e. The van der Waals surface area contributed by atoms with Gasteiger partial charge in [-0.2, -0.15) is 0 Å². The van der Waals surface area contributed by atoms with E-state index in [2.05, 4.69) is 5.18 Å². The number of aliphatic carboxylic acids is 1. The number of benzene rings is 1. The van der Waals surface area contributed by atoms with E-state index in [1.807, 2.05) is 42.1 Å². The summed E-state index contributed by atoms with van der Waals surface area (Å²) in [6, 6.07) is 6.44. The molecule has 1 aromatic heterocycles. The zero-order chi connectivity index (χ0) is 12.4. The number of aryl methyl sites for hydroxylation is 1. The topological polar surface area (TPSA) is 71.7 Å². The summed E-state index contributed by atoms with van der Waals surface area (Å²) in [5.41, 5.74) is 1.84. The highest BCUT2D eigenvalue weighted by atomic mass is 16.4.